The van der Waals surface area contributed by atoms with E-state index in [2.05, 4.69) is 0 Å². The highest BCUT2D eigenvalue weighted by atomic mass is 16.4. The van der Waals surface area contributed by atoms with Crippen molar-refractivity contribution in [3.63, 3.8) is 0 Å². The van der Waals surface area contributed by atoms with Crippen LogP contribution in [0.2, 0.25) is 0 Å². The van der Waals surface area contributed by atoms with E-state index in [9.17, 15) is 9.90 Å². The minimum absolute atomic E-state index is 0.146. The first kappa shape index (κ1) is 11.2. The van der Waals surface area contributed by atoms with Crippen LogP contribution in [0.4, 0.5) is 0 Å². The van der Waals surface area contributed by atoms with Gasteiger partial charge in [-0.25, -0.2) is 4.79 Å². The molecular weight excluding hydrogens is 216 g/mol. The van der Waals surface area contributed by atoms with Crippen LogP contribution in [0, 0.1) is 0 Å². The molecule has 0 bridgehead atoms. The van der Waals surface area contributed by atoms with E-state index in [1.165, 1.54) is 0 Å². The van der Waals surface area contributed by atoms with Crippen LogP contribution < -0.4 is 0 Å². The van der Waals surface area contributed by atoms with E-state index in [0.29, 0.717) is 0 Å². The van der Waals surface area contributed by atoms with E-state index in [1.807, 2.05) is 42.5 Å². The quantitative estimate of drug-likeness (QED) is 0.627. The maximum atomic E-state index is 10.4. The lowest BCUT2D eigenvalue weighted by Crippen LogP contribution is -1.95. The Labute approximate surface area is 98.6 Å². The molecule has 0 unspecified atom stereocenters. The second-order valence-corrected chi connectivity index (χ2v) is 3.83. The van der Waals surface area contributed by atoms with Gasteiger partial charge in [-0.05, 0) is 16.3 Å². The monoisotopic (exact) mass is 228 g/mol. The highest BCUT2D eigenvalue weighted by molar-refractivity contribution is 5.83. The number of carbonyl (C=O) groups is 1. The molecule has 2 N–H and O–H groups in total. The fourth-order valence-electron chi connectivity index (χ4n) is 1.75. The summed E-state index contributed by atoms with van der Waals surface area (Å²) in [5, 5.41) is 20.1. The maximum Gasteiger partial charge on any atom is 0.331 e. The van der Waals surface area contributed by atoms with Crippen molar-refractivity contribution in [3.8, 4) is 0 Å². The van der Waals surface area contributed by atoms with Gasteiger partial charge in [-0.1, -0.05) is 42.5 Å². The second-order valence-electron chi connectivity index (χ2n) is 3.83. The van der Waals surface area contributed by atoms with Crippen LogP contribution in [0.5, 0.6) is 0 Å². The van der Waals surface area contributed by atoms with Gasteiger partial charge in [0.1, 0.15) is 5.76 Å². The molecule has 2 rings (SSSR count). The maximum absolute atomic E-state index is 10.4. The van der Waals surface area contributed by atoms with Gasteiger partial charge in [0.05, 0.1) is 6.08 Å². The molecule has 0 aliphatic rings. The molecule has 0 heterocycles. The lowest BCUT2D eigenvalue weighted by molar-refractivity contribution is -0.131. The first-order chi connectivity index (χ1) is 8.15. The largest absolute Gasteiger partial charge is 0.512 e. The SMILES string of the molecule is O=C(O)C=C(O)Cc1ccc2ccccc2c1. The summed E-state index contributed by atoms with van der Waals surface area (Å²) in [6, 6.07) is 13.7. The molecule has 0 atom stereocenters. The smallest absolute Gasteiger partial charge is 0.331 e. The van der Waals surface area contributed by atoms with E-state index in [0.717, 1.165) is 22.4 Å². The fraction of sp³-hybridized carbons (Fsp3) is 0.0714. The zero-order chi connectivity index (χ0) is 12.3. The topological polar surface area (TPSA) is 57.5 Å². The predicted octanol–water partition coefficient (Wildman–Crippen LogP) is 2.91. The molecule has 0 radical (unpaired) electrons. The highest BCUT2D eigenvalue weighted by Gasteiger charge is 2.01. The van der Waals surface area contributed by atoms with E-state index in [4.69, 9.17) is 5.11 Å². The van der Waals surface area contributed by atoms with E-state index in [1.54, 1.807) is 0 Å². The molecule has 0 fully saturated rings. The van der Waals surface area contributed by atoms with Crippen molar-refractivity contribution in [3.05, 3.63) is 59.9 Å². The zero-order valence-corrected chi connectivity index (χ0v) is 9.13. The van der Waals surface area contributed by atoms with Crippen molar-refractivity contribution in [1.82, 2.24) is 0 Å². The van der Waals surface area contributed by atoms with Gasteiger partial charge in [-0.15, -0.1) is 0 Å². The number of carboxylic acids is 1. The summed E-state index contributed by atoms with van der Waals surface area (Å²) in [4.78, 5) is 10.4. The zero-order valence-electron chi connectivity index (χ0n) is 9.13. The molecule has 0 saturated heterocycles. The van der Waals surface area contributed by atoms with Crippen molar-refractivity contribution in [2.75, 3.05) is 0 Å². The molecule has 17 heavy (non-hydrogen) atoms. The normalized spacial score (nSPS) is 11.6. The number of allylic oxidation sites excluding steroid dienone is 1. The third-order valence-corrected chi connectivity index (χ3v) is 2.49. The fourth-order valence-corrected chi connectivity index (χ4v) is 1.75. The molecule has 2 aromatic rings. The van der Waals surface area contributed by atoms with E-state index < -0.39 is 5.97 Å². The Balaban J connectivity index is 2.28. The molecule has 0 aliphatic heterocycles. The molecule has 3 heteroatoms. The average Bonchev–Trinajstić information content (AvgIpc) is 2.27. The Hall–Kier alpha value is -2.29. The molecule has 0 spiro atoms. The summed E-state index contributed by atoms with van der Waals surface area (Å²) in [5.74, 6) is -1.28. The van der Waals surface area contributed by atoms with Crippen molar-refractivity contribution >= 4 is 16.7 Å². The number of fused-ring (bicyclic) bond motifs is 1. The van der Waals surface area contributed by atoms with Gasteiger partial charge in [0, 0.05) is 6.42 Å². The van der Waals surface area contributed by atoms with Crippen LogP contribution in [0.25, 0.3) is 10.8 Å². The highest BCUT2D eigenvalue weighted by Crippen LogP contribution is 2.17. The molecule has 0 amide bonds. The van der Waals surface area contributed by atoms with Crippen LogP contribution in [0.3, 0.4) is 0 Å². The number of aliphatic hydroxyl groups is 1. The first-order valence-electron chi connectivity index (χ1n) is 5.25. The van der Waals surface area contributed by atoms with Gasteiger partial charge >= 0.3 is 5.97 Å². The van der Waals surface area contributed by atoms with Crippen molar-refractivity contribution in [2.45, 2.75) is 6.42 Å². The van der Waals surface area contributed by atoms with E-state index in [-0.39, 0.29) is 12.2 Å². The summed E-state index contributed by atoms with van der Waals surface area (Å²) in [5.41, 5.74) is 0.888. The van der Waals surface area contributed by atoms with Crippen LogP contribution in [-0.2, 0) is 11.2 Å². The first-order valence-corrected chi connectivity index (χ1v) is 5.25. The summed E-state index contributed by atoms with van der Waals surface area (Å²) in [6.45, 7) is 0. The van der Waals surface area contributed by atoms with Gasteiger partial charge in [0.15, 0.2) is 0 Å². The number of carboxylic acid groups (broad SMARTS) is 1. The Morgan fingerprint density at radius 1 is 1.06 bits per heavy atom. The Morgan fingerprint density at radius 3 is 2.47 bits per heavy atom. The Morgan fingerprint density at radius 2 is 1.76 bits per heavy atom. The van der Waals surface area contributed by atoms with Crippen LogP contribution in [-0.4, -0.2) is 16.2 Å². The Bertz CT molecular complexity index is 585. The van der Waals surface area contributed by atoms with Gasteiger partial charge in [-0.2, -0.15) is 0 Å². The molecule has 0 aromatic heterocycles. The number of hydrogen-bond acceptors (Lipinski definition) is 2. The van der Waals surface area contributed by atoms with Gasteiger partial charge in [0.25, 0.3) is 0 Å². The van der Waals surface area contributed by atoms with Crippen LogP contribution in [0.15, 0.2) is 54.3 Å². The standard InChI is InChI=1S/C14H12O3/c15-13(9-14(16)17)8-10-5-6-11-3-1-2-4-12(11)7-10/h1-7,9,15H,8H2,(H,16,17). The number of rotatable bonds is 3. The second kappa shape index (κ2) is 4.70. The summed E-state index contributed by atoms with van der Waals surface area (Å²) >= 11 is 0. The van der Waals surface area contributed by atoms with Crippen molar-refractivity contribution < 1.29 is 15.0 Å². The van der Waals surface area contributed by atoms with Crippen LogP contribution >= 0.6 is 0 Å². The minimum Gasteiger partial charge on any atom is -0.512 e. The number of aliphatic carboxylic acids is 1. The molecule has 0 aliphatic carbocycles. The third-order valence-electron chi connectivity index (χ3n) is 2.49. The van der Waals surface area contributed by atoms with E-state index >= 15 is 0 Å². The van der Waals surface area contributed by atoms with Gasteiger partial charge in [0.2, 0.25) is 0 Å². The average molecular weight is 228 g/mol. The lowest BCUT2D eigenvalue weighted by atomic mass is 10.0. The third kappa shape index (κ3) is 2.84. The van der Waals surface area contributed by atoms with Crippen LogP contribution in [0.1, 0.15) is 5.56 Å². The molecule has 86 valence electrons. The number of benzene rings is 2. The lowest BCUT2D eigenvalue weighted by Gasteiger charge is -2.03. The van der Waals surface area contributed by atoms with Gasteiger partial charge in [-0.3, -0.25) is 0 Å². The number of hydrogen-bond donors (Lipinski definition) is 2. The predicted molar refractivity (Wildman–Crippen MR) is 66.0 cm³/mol. The van der Waals surface area contributed by atoms with Gasteiger partial charge < -0.3 is 10.2 Å². The number of aliphatic hydroxyl groups excluding tert-OH is 1. The summed E-state index contributed by atoms with van der Waals surface area (Å²) in [6.07, 6.45) is 1.05. The van der Waals surface area contributed by atoms with Crippen molar-refractivity contribution in [2.24, 2.45) is 0 Å². The summed E-state index contributed by atoms with van der Waals surface area (Å²) < 4.78 is 0. The minimum atomic E-state index is -1.14. The molecule has 2 aromatic carbocycles. The van der Waals surface area contributed by atoms with Crippen molar-refractivity contribution in [1.29, 1.82) is 0 Å². The Kier molecular flexibility index (Phi) is 3.10. The molecule has 0 saturated carbocycles. The molecule has 3 nitrogen and oxygen atoms in total. The summed E-state index contributed by atoms with van der Waals surface area (Å²) in [7, 11) is 0. The molecular formula is C14H12O3.